The summed E-state index contributed by atoms with van der Waals surface area (Å²) in [7, 11) is -3.47. The van der Waals surface area contributed by atoms with Gasteiger partial charge in [0, 0.05) is 19.1 Å². The Hall–Kier alpha value is -0.830. The lowest BCUT2D eigenvalue weighted by Gasteiger charge is -2.34. The highest BCUT2D eigenvalue weighted by Crippen LogP contribution is 2.30. The normalized spacial score (nSPS) is 21.8. The first-order chi connectivity index (χ1) is 9.98. The molecule has 0 aliphatic carbocycles. The number of amides is 1. The molecule has 0 radical (unpaired) electrons. The number of ether oxygens (including phenoxy) is 1. The topological polar surface area (TPSA) is 66.9 Å². The number of nitrogens with zero attached hydrogens (tertiary/aromatic N) is 2. The van der Waals surface area contributed by atoms with Gasteiger partial charge in [-0.2, -0.15) is 4.31 Å². The average Bonchev–Trinajstić information content (AvgIpc) is 3.08. The number of hydrogen-bond acceptors (Lipinski definition) is 5. The largest absolute Gasteiger partial charge is 0.448 e. The lowest BCUT2D eigenvalue weighted by molar-refractivity contribution is 0.134. The first-order valence-corrected chi connectivity index (χ1v) is 9.31. The number of halogens is 1. The van der Waals surface area contributed by atoms with Crippen molar-refractivity contribution in [2.45, 2.75) is 23.1 Å². The Bertz CT molecular complexity index is 637. The molecular weight excluding hydrogens is 336 g/mol. The Morgan fingerprint density at radius 1 is 1.24 bits per heavy atom. The molecule has 3 rings (SSSR count). The summed E-state index contributed by atoms with van der Waals surface area (Å²) in [6.45, 7) is 1.83. The zero-order chi connectivity index (χ0) is 15.0. The fraction of sp³-hybridized carbons (Fsp3) is 0.583. The van der Waals surface area contributed by atoms with Gasteiger partial charge in [-0.25, -0.2) is 13.2 Å². The van der Waals surface area contributed by atoms with E-state index in [9.17, 15) is 13.2 Å². The molecule has 0 atom stereocenters. The molecule has 0 N–H and O–H groups in total. The summed E-state index contributed by atoms with van der Waals surface area (Å²) in [6, 6.07) is 3.19. The van der Waals surface area contributed by atoms with Gasteiger partial charge in [-0.1, -0.05) is 11.6 Å². The third-order valence-electron chi connectivity index (χ3n) is 3.80. The van der Waals surface area contributed by atoms with Gasteiger partial charge in [0.1, 0.15) is 10.8 Å². The quantitative estimate of drug-likeness (QED) is 0.836. The molecule has 0 aromatic carbocycles. The number of piperidine rings is 1. The minimum atomic E-state index is -3.47. The van der Waals surface area contributed by atoms with Gasteiger partial charge < -0.3 is 9.64 Å². The molecule has 1 aromatic heterocycles. The smallest absolute Gasteiger partial charge is 0.410 e. The highest BCUT2D eigenvalue weighted by molar-refractivity contribution is 7.91. The van der Waals surface area contributed by atoms with Crippen molar-refractivity contribution in [3.8, 4) is 0 Å². The summed E-state index contributed by atoms with van der Waals surface area (Å²) in [5.74, 6) is 0. The predicted molar refractivity (Wildman–Crippen MR) is 79.2 cm³/mol. The molecule has 0 bridgehead atoms. The second-order valence-electron chi connectivity index (χ2n) is 5.00. The van der Waals surface area contributed by atoms with E-state index >= 15 is 0 Å². The van der Waals surface area contributed by atoms with Crippen molar-refractivity contribution in [3.63, 3.8) is 0 Å². The third kappa shape index (κ3) is 2.90. The van der Waals surface area contributed by atoms with Gasteiger partial charge in [0.2, 0.25) is 0 Å². The van der Waals surface area contributed by atoms with Crippen LogP contribution in [0.15, 0.2) is 16.3 Å². The summed E-state index contributed by atoms with van der Waals surface area (Å²) < 4.78 is 32.1. The van der Waals surface area contributed by atoms with E-state index in [-0.39, 0.29) is 16.3 Å². The van der Waals surface area contributed by atoms with Crippen LogP contribution in [-0.4, -0.2) is 56.0 Å². The van der Waals surface area contributed by atoms with Crippen molar-refractivity contribution < 1.29 is 17.9 Å². The van der Waals surface area contributed by atoms with E-state index in [1.165, 1.54) is 10.4 Å². The minimum Gasteiger partial charge on any atom is -0.448 e. The summed E-state index contributed by atoms with van der Waals surface area (Å²) in [5.41, 5.74) is 0. The Morgan fingerprint density at radius 3 is 2.48 bits per heavy atom. The van der Waals surface area contributed by atoms with Crippen LogP contribution in [-0.2, 0) is 14.8 Å². The van der Waals surface area contributed by atoms with Crippen molar-refractivity contribution >= 4 is 39.1 Å². The van der Waals surface area contributed by atoms with Crippen LogP contribution in [0.1, 0.15) is 12.8 Å². The van der Waals surface area contributed by atoms with Gasteiger partial charge in [-0.3, -0.25) is 0 Å². The number of sulfonamides is 1. The Morgan fingerprint density at radius 2 is 1.95 bits per heavy atom. The molecular formula is C12H15ClN2O4S2. The van der Waals surface area contributed by atoms with Gasteiger partial charge in [-0.15, -0.1) is 11.3 Å². The third-order valence-corrected chi connectivity index (χ3v) is 7.40. The maximum Gasteiger partial charge on any atom is 0.410 e. The van der Waals surface area contributed by atoms with Crippen LogP contribution in [0.2, 0.25) is 4.34 Å². The van der Waals surface area contributed by atoms with Gasteiger partial charge in [0.15, 0.2) is 0 Å². The summed E-state index contributed by atoms with van der Waals surface area (Å²) in [6.07, 6.45) is 0.974. The molecule has 2 aliphatic rings. The van der Waals surface area contributed by atoms with Gasteiger partial charge >= 0.3 is 6.09 Å². The molecule has 0 spiro atoms. The second kappa shape index (κ2) is 5.75. The summed E-state index contributed by atoms with van der Waals surface area (Å²) >= 11 is 6.87. The van der Waals surface area contributed by atoms with Crippen molar-refractivity contribution in [2.75, 3.05) is 26.2 Å². The van der Waals surface area contributed by atoms with Crippen LogP contribution >= 0.6 is 22.9 Å². The molecule has 0 unspecified atom stereocenters. The van der Waals surface area contributed by atoms with Crippen molar-refractivity contribution in [1.82, 2.24) is 9.21 Å². The number of rotatable bonds is 3. The number of thiophene rings is 1. The first kappa shape index (κ1) is 15.1. The molecule has 3 heterocycles. The molecule has 116 valence electrons. The first-order valence-electron chi connectivity index (χ1n) is 6.67. The number of hydrogen-bond donors (Lipinski definition) is 0. The number of cyclic esters (lactones) is 1. The van der Waals surface area contributed by atoms with E-state index in [1.807, 2.05) is 0 Å². The standard InChI is InChI=1S/C12H15ClN2O4S2/c13-10-1-2-11(20-10)21(17,18)14-5-3-9(4-6-14)15-7-8-19-12(15)16/h1-2,9H,3-8H2. The molecule has 0 saturated carbocycles. The molecule has 9 heteroatoms. The van der Waals surface area contributed by atoms with Gasteiger partial charge in [-0.05, 0) is 25.0 Å². The number of carbonyl (C=O) groups excluding carboxylic acids is 1. The van der Waals surface area contributed by atoms with E-state index in [2.05, 4.69) is 0 Å². The Kier molecular flexibility index (Phi) is 4.13. The van der Waals surface area contributed by atoms with Gasteiger partial charge in [0.25, 0.3) is 10.0 Å². The van der Waals surface area contributed by atoms with Crippen LogP contribution in [0, 0.1) is 0 Å². The zero-order valence-corrected chi connectivity index (χ0v) is 13.6. The molecule has 2 aliphatic heterocycles. The molecule has 1 aromatic rings. The molecule has 1 amide bonds. The Balaban J connectivity index is 1.67. The fourth-order valence-corrected chi connectivity index (χ4v) is 5.80. The number of carbonyl (C=O) groups is 1. The van der Waals surface area contributed by atoms with Crippen LogP contribution < -0.4 is 0 Å². The predicted octanol–water partition coefficient (Wildman–Crippen LogP) is 2.01. The second-order valence-corrected chi connectivity index (χ2v) is 8.88. The highest BCUT2D eigenvalue weighted by atomic mass is 35.5. The lowest BCUT2D eigenvalue weighted by Crippen LogP contribution is -2.46. The van der Waals surface area contributed by atoms with E-state index in [0.717, 1.165) is 11.3 Å². The highest BCUT2D eigenvalue weighted by Gasteiger charge is 2.36. The Labute approximate surface area is 132 Å². The van der Waals surface area contributed by atoms with E-state index in [1.54, 1.807) is 11.0 Å². The average molecular weight is 351 g/mol. The zero-order valence-electron chi connectivity index (χ0n) is 11.2. The van der Waals surface area contributed by atoms with Crippen LogP contribution in [0.3, 0.4) is 0 Å². The molecule has 6 nitrogen and oxygen atoms in total. The van der Waals surface area contributed by atoms with Crippen molar-refractivity contribution in [2.24, 2.45) is 0 Å². The molecule has 21 heavy (non-hydrogen) atoms. The van der Waals surface area contributed by atoms with E-state index < -0.39 is 10.0 Å². The van der Waals surface area contributed by atoms with E-state index in [0.29, 0.717) is 43.4 Å². The van der Waals surface area contributed by atoms with Crippen molar-refractivity contribution in [3.05, 3.63) is 16.5 Å². The minimum absolute atomic E-state index is 0.0679. The summed E-state index contributed by atoms with van der Waals surface area (Å²) in [4.78, 5) is 13.2. The van der Waals surface area contributed by atoms with E-state index in [4.69, 9.17) is 16.3 Å². The van der Waals surface area contributed by atoms with Gasteiger partial charge in [0.05, 0.1) is 10.9 Å². The van der Waals surface area contributed by atoms with Crippen LogP contribution in [0.4, 0.5) is 4.79 Å². The molecule has 2 saturated heterocycles. The summed E-state index contributed by atoms with van der Waals surface area (Å²) in [5, 5.41) is 0. The monoisotopic (exact) mass is 350 g/mol. The molecule has 2 fully saturated rings. The fourth-order valence-electron chi connectivity index (χ4n) is 2.69. The van der Waals surface area contributed by atoms with Crippen LogP contribution in [0.5, 0.6) is 0 Å². The SMILES string of the molecule is O=C1OCCN1C1CCN(S(=O)(=O)c2ccc(Cl)s2)CC1. The van der Waals surface area contributed by atoms with Crippen LogP contribution in [0.25, 0.3) is 0 Å². The maximum absolute atomic E-state index is 12.5. The van der Waals surface area contributed by atoms with Crippen molar-refractivity contribution in [1.29, 1.82) is 0 Å². The lowest BCUT2D eigenvalue weighted by atomic mass is 10.1. The maximum atomic E-state index is 12.5.